The number of hydrogen-bond acceptors (Lipinski definition) is 4. The number of likely N-dealkylation sites (tertiary alicyclic amines) is 1. The van der Waals surface area contributed by atoms with Crippen LogP contribution in [0.5, 0.6) is 0 Å². The van der Waals surface area contributed by atoms with E-state index in [0.29, 0.717) is 18.5 Å². The van der Waals surface area contributed by atoms with Gasteiger partial charge in [-0.15, -0.1) is 0 Å². The molecule has 2 heterocycles. The first kappa shape index (κ1) is 13.8. The number of nitrogens with one attached hydrogen (secondary N) is 1. The number of aromatic nitrogens is 3. The Kier molecular flexibility index (Phi) is 4.73. The highest BCUT2D eigenvalue weighted by Crippen LogP contribution is 2.15. The fourth-order valence-corrected chi connectivity index (χ4v) is 2.44. The highest BCUT2D eigenvalue weighted by molar-refractivity contribution is 5.77. The Morgan fingerprint density at radius 1 is 1.63 bits per heavy atom. The van der Waals surface area contributed by atoms with Gasteiger partial charge >= 0.3 is 0 Å². The summed E-state index contributed by atoms with van der Waals surface area (Å²) in [4.78, 5) is 10.9. The summed E-state index contributed by atoms with van der Waals surface area (Å²) >= 11 is 0. The third-order valence-corrected chi connectivity index (χ3v) is 3.62. The molecule has 106 valence electrons. The van der Waals surface area contributed by atoms with Gasteiger partial charge < -0.3 is 11.1 Å². The molecular weight excluding hydrogens is 242 g/mol. The van der Waals surface area contributed by atoms with Gasteiger partial charge in [0, 0.05) is 19.6 Å². The van der Waals surface area contributed by atoms with Gasteiger partial charge in [-0.05, 0) is 25.9 Å². The van der Waals surface area contributed by atoms with E-state index in [2.05, 4.69) is 32.2 Å². The van der Waals surface area contributed by atoms with Crippen molar-refractivity contribution in [2.45, 2.75) is 32.4 Å². The molecule has 0 spiro atoms. The predicted octanol–water partition coefficient (Wildman–Crippen LogP) is -0.296. The molecule has 0 amide bonds. The fourth-order valence-electron chi connectivity index (χ4n) is 2.44. The van der Waals surface area contributed by atoms with E-state index in [1.807, 2.05) is 7.05 Å². The molecule has 1 aromatic heterocycles. The average molecular weight is 265 g/mol. The van der Waals surface area contributed by atoms with E-state index in [-0.39, 0.29) is 0 Å². The first-order valence-corrected chi connectivity index (χ1v) is 6.81. The molecule has 7 heteroatoms. The topological polar surface area (TPSA) is 84.4 Å². The Balaban J connectivity index is 1.77. The van der Waals surface area contributed by atoms with E-state index in [1.54, 1.807) is 4.68 Å². The Hall–Kier alpha value is -1.63. The van der Waals surface area contributed by atoms with E-state index < -0.39 is 0 Å². The standard InChI is InChI=1S/C12H23N7/c1-3-19-6-4-5-10(19)7-14-12(13)15-8-11-16-9-17-18(11)2/h9-10H,3-8H2,1-2H3,(H3,13,14,15). The van der Waals surface area contributed by atoms with Crippen molar-refractivity contribution in [3.05, 3.63) is 12.2 Å². The lowest BCUT2D eigenvalue weighted by Gasteiger charge is -2.23. The maximum atomic E-state index is 5.87. The molecule has 0 aliphatic carbocycles. The monoisotopic (exact) mass is 265 g/mol. The van der Waals surface area contributed by atoms with Gasteiger partial charge in [0.2, 0.25) is 0 Å². The zero-order valence-electron chi connectivity index (χ0n) is 11.7. The molecule has 1 unspecified atom stereocenters. The van der Waals surface area contributed by atoms with Crippen LogP contribution >= 0.6 is 0 Å². The highest BCUT2D eigenvalue weighted by Gasteiger charge is 2.22. The first-order chi connectivity index (χ1) is 9.20. The van der Waals surface area contributed by atoms with Crippen molar-refractivity contribution in [1.82, 2.24) is 25.0 Å². The summed E-state index contributed by atoms with van der Waals surface area (Å²) in [7, 11) is 1.85. The van der Waals surface area contributed by atoms with Crippen LogP contribution in [0, 0.1) is 0 Å². The van der Waals surface area contributed by atoms with E-state index in [1.165, 1.54) is 25.7 Å². The second-order valence-corrected chi connectivity index (χ2v) is 4.81. The van der Waals surface area contributed by atoms with Crippen LogP contribution in [-0.4, -0.2) is 51.3 Å². The van der Waals surface area contributed by atoms with Gasteiger partial charge in [-0.3, -0.25) is 9.58 Å². The number of nitrogens with two attached hydrogens (primary N) is 1. The number of guanidine groups is 1. The van der Waals surface area contributed by atoms with Crippen LogP contribution in [0.1, 0.15) is 25.6 Å². The molecule has 7 nitrogen and oxygen atoms in total. The summed E-state index contributed by atoms with van der Waals surface area (Å²) in [5, 5.41) is 7.19. The first-order valence-electron chi connectivity index (χ1n) is 6.81. The van der Waals surface area contributed by atoms with Crippen molar-refractivity contribution in [3.8, 4) is 0 Å². The van der Waals surface area contributed by atoms with Gasteiger partial charge in [0.05, 0.1) is 0 Å². The van der Waals surface area contributed by atoms with Gasteiger partial charge in [0.1, 0.15) is 18.7 Å². The maximum absolute atomic E-state index is 5.87. The van der Waals surface area contributed by atoms with E-state index in [4.69, 9.17) is 5.73 Å². The lowest BCUT2D eigenvalue weighted by molar-refractivity contribution is 0.267. The lowest BCUT2D eigenvalue weighted by atomic mass is 10.2. The number of aryl methyl sites for hydroxylation is 1. The molecule has 1 atom stereocenters. The minimum absolute atomic E-state index is 0.456. The van der Waals surface area contributed by atoms with Gasteiger partial charge in [0.25, 0.3) is 0 Å². The molecule has 0 aromatic carbocycles. The van der Waals surface area contributed by atoms with E-state index >= 15 is 0 Å². The van der Waals surface area contributed by atoms with Gasteiger partial charge in [-0.2, -0.15) is 5.10 Å². The summed E-state index contributed by atoms with van der Waals surface area (Å²) in [5.74, 6) is 1.28. The van der Waals surface area contributed by atoms with Gasteiger partial charge in [-0.25, -0.2) is 9.98 Å². The number of aliphatic imine (C=N–C) groups is 1. The largest absolute Gasteiger partial charge is 0.370 e. The molecule has 0 bridgehead atoms. The van der Waals surface area contributed by atoms with Crippen LogP contribution in [0.2, 0.25) is 0 Å². The number of hydrogen-bond donors (Lipinski definition) is 2. The third-order valence-electron chi connectivity index (χ3n) is 3.62. The lowest BCUT2D eigenvalue weighted by Crippen LogP contribution is -2.42. The van der Waals surface area contributed by atoms with E-state index in [0.717, 1.165) is 18.9 Å². The molecule has 1 aliphatic rings. The van der Waals surface area contributed by atoms with Crippen molar-refractivity contribution in [2.24, 2.45) is 17.8 Å². The second kappa shape index (κ2) is 6.51. The molecular formula is C12H23N7. The quantitative estimate of drug-likeness (QED) is 0.564. The molecule has 0 radical (unpaired) electrons. The fraction of sp³-hybridized carbons (Fsp3) is 0.750. The molecule has 1 aromatic rings. The van der Waals surface area contributed by atoms with Crippen LogP contribution < -0.4 is 11.1 Å². The molecule has 1 fully saturated rings. The number of rotatable bonds is 5. The smallest absolute Gasteiger partial charge is 0.189 e. The van der Waals surface area contributed by atoms with Crippen LogP contribution in [0.3, 0.4) is 0 Å². The van der Waals surface area contributed by atoms with Crippen LogP contribution in [0.25, 0.3) is 0 Å². The van der Waals surface area contributed by atoms with Crippen molar-refractivity contribution in [3.63, 3.8) is 0 Å². The third kappa shape index (κ3) is 3.66. The normalized spacial score (nSPS) is 20.9. The van der Waals surface area contributed by atoms with Crippen LogP contribution in [0.4, 0.5) is 0 Å². The average Bonchev–Trinajstić information content (AvgIpc) is 3.02. The maximum Gasteiger partial charge on any atom is 0.189 e. The van der Waals surface area contributed by atoms with Crippen molar-refractivity contribution in [1.29, 1.82) is 0 Å². The number of nitrogens with zero attached hydrogens (tertiary/aromatic N) is 5. The summed E-state index contributed by atoms with van der Waals surface area (Å²) in [6, 6.07) is 0.577. The zero-order chi connectivity index (χ0) is 13.7. The Morgan fingerprint density at radius 3 is 3.16 bits per heavy atom. The highest BCUT2D eigenvalue weighted by atomic mass is 15.3. The van der Waals surface area contributed by atoms with Crippen molar-refractivity contribution < 1.29 is 0 Å². The second-order valence-electron chi connectivity index (χ2n) is 4.81. The summed E-state index contributed by atoms with van der Waals surface area (Å²) in [6.07, 6.45) is 4.03. The summed E-state index contributed by atoms with van der Waals surface area (Å²) in [6.45, 7) is 5.81. The van der Waals surface area contributed by atoms with Crippen molar-refractivity contribution >= 4 is 5.96 Å². The van der Waals surface area contributed by atoms with Gasteiger partial charge in [-0.1, -0.05) is 6.92 Å². The zero-order valence-corrected chi connectivity index (χ0v) is 11.7. The SMILES string of the molecule is CCN1CCCC1CNC(N)=NCc1ncnn1C. The molecule has 1 aliphatic heterocycles. The Bertz CT molecular complexity index is 425. The minimum atomic E-state index is 0.456. The summed E-state index contributed by atoms with van der Waals surface area (Å²) in [5.41, 5.74) is 5.87. The molecule has 2 rings (SSSR count). The van der Waals surface area contributed by atoms with E-state index in [9.17, 15) is 0 Å². The minimum Gasteiger partial charge on any atom is -0.370 e. The Morgan fingerprint density at radius 2 is 2.47 bits per heavy atom. The Labute approximate surface area is 113 Å². The molecule has 19 heavy (non-hydrogen) atoms. The van der Waals surface area contributed by atoms with Crippen LogP contribution in [-0.2, 0) is 13.6 Å². The van der Waals surface area contributed by atoms with Crippen LogP contribution in [0.15, 0.2) is 11.3 Å². The molecule has 1 saturated heterocycles. The van der Waals surface area contributed by atoms with Gasteiger partial charge in [0.15, 0.2) is 5.96 Å². The molecule has 0 saturated carbocycles. The van der Waals surface area contributed by atoms with Crippen molar-refractivity contribution in [2.75, 3.05) is 19.6 Å². The predicted molar refractivity (Wildman–Crippen MR) is 74.6 cm³/mol. The summed E-state index contributed by atoms with van der Waals surface area (Å²) < 4.78 is 1.70. The molecule has 3 N–H and O–H groups in total. The number of likely N-dealkylation sites (N-methyl/N-ethyl adjacent to an activating group) is 1.